The third-order valence-electron chi connectivity index (χ3n) is 5.83. The van der Waals surface area contributed by atoms with Crippen molar-refractivity contribution in [3.63, 3.8) is 0 Å². The molecule has 4 rings (SSSR count). The van der Waals surface area contributed by atoms with Gasteiger partial charge in [0.25, 0.3) is 0 Å². The summed E-state index contributed by atoms with van der Waals surface area (Å²) >= 11 is 0. The number of aliphatic hydroxyl groups is 3. The molecule has 1 saturated heterocycles. The largest absolute Gasteiger partial charge is 0.502 e. The molecule has 1 aromatic heterocycles. The molecule has 5 atom stereocenters. The number of carbonyl (C=O) groups is 1. The van der Waals surface area contributed by atoms with E-state index in [9.17, 15) is 35.1 Å². The van der Waals surface area contributed by atoms with Crippen LogP contribution in [0.2, 0.25) is 0 Å². The molecule has 0 bridgehead atoms. The van der Waals surface area contributed by atoms with Gasteiger partial charge in [0.1, 0.15) is 29.6 Å². The minimum atomic E-state index is -1.88. The van der Waals surface area contributed by atoms with Crippen LogP contribution in [-0.4, -0.2) is 83.5 Å². The van der Waals surface area contributed by atoms with Crippen LogP contribution in [0.1, 0.15) is 0 Å². The van der Waals surface area contributed by atoms with Gasteiger partial charge in [0.15, 0.2) is 23.4 Å². The van der Waals surface area contributed by atoms with Gasteiger partial charge in [-0.1, -0.05) is 0 Å². The highest BCUT2D eigenvalue weighted by atomic mass is 16.7. The molecule has 1 unspecified atom stereocenters. The van der Waals surface area contributed by atoms with Gasteiger partial charge < -0.3 is 53.6 Å². The van der Waals surface area contributed by atoms with E-state index in [1.54, 1.807) is 0 Å². The van der Waals surface area contributed by atoms with Gasteiger partial charge in [-0.25, -0.2) is 4.79 Å². The molecular formula is C24H24O13. The topological polar surface area (TPSA) is 195 Å². The van der Waals surface area contributed by atoms with Crippen molar-refractivity contribution >= 4 is 16.9 Å². The van der Waals surface area contributed by atoms with E-state index in [1.807, 2.05) is 0 Å². The number of methoxy groups -OCH3 is 3. The van der Waals surface area contributed by atoms with Gasteiger partial charge in [0.05, 0.1) is 26.7 Å². The van der Waals surface area contributed by atoms with E-state index in [-0.39, 0.29) is 45.3 Å². The minimum absolute atomic E-state index is 0.00924. The lowest BCUT2D eigenvalue weighted by molar-refractivity contribution is -0.271. The van der Waals surface area contributed by atoms with Crippen molar-refractivity contribution in [2.24, 2.45) is 0 Å². The zero-order valence-corrected chi connectivity index (χ0v) is 19.8. The zero-order valence-electron chi connectivity index (χ0n) is 19.8. The predicted octanol–water partition coefficient (Wildman–Crippen LogP) is 0.462. The molecule has 13 nitrogen and oxygen atoms in total. The number of ether oxygens (including phenoxy) is 5. The van der Waals surface area contributed by atoms with Crippen LogP contribution in [0, 0.1) is 0 Å². The first-order chi connectivity index (χ1) is 17.6. The van der Waals surface area contributed by atoms with Gasteiger partial charge in [-0.3, -0.25) is 4.79 Å². The van der Waals surface area contributed by atoms with Crippen molar-refractivity contribution < 1.29 is 58.4 Å². The number of aliphatic hydroxyl groups excluding tert-OH is 3. The van der Waals surface area contributed by atoms with Gasteiger partial charge in [-0.05, 0) is 24.3 Å². The molecule has 1 aliphatic rings. The van der Waals surface area contributed by atoms with Crippen LogP contribution in [0.5, 0.6) is 28.7 Å². The van der Waals surface area contributed by atoms with Crippen molar-refractivity contribution in [3.05, 3.63) is 40.6 Å². The average Bonchev–Trinajstić information content (AvgIpc) is 2.89. The Kier molecular flexibility index (Phi) is 7.14. The van der Waals surface area contributed by atoms with Crippen LogP contribution in [0.15, 0.2) is 39.5 Å². The Morgan fingerprint density at radius 3 is 2.14 bits per heavy atom. The molecular weight excluding hydrogens is 496 g/mol. The maximum atomic E-state index is 12.9. The molecule has 13 heteroatoms. The number of carboxylic acid groups (broad SMARTS) is 1. The molecule has 0 radical (unpaired) electrons. The van der Waals surface area contributed by atoms with Crippen molar-refractivity contribution in [2.45, 2.75) is 30.7 Å². The highest BCUT2D eigenvalue weighted by Gasteiger charge is 2.48. The smallest absolute Gasteiger partial charge is 0.335 e. The first kappa shape index (κ1) is 26.0. The fourth-order valence-corrected chi connectivity index (χ4v) is 3.93. The lowest BCUT2D eigenvalue weighted by Crippen LogP contribution is -2.61. The Morgan fingerprint density at radius 2 is 1.57 bits per heavy atom. The van der Waals surface area contributed by atoms with Gasteiger partial charge in [-0.2, -0.15) is 0 Å². The Balaban J connectivity index is 1.76. The van der Waals surface area contributed by atoms with E-state index < -0.39 is 47.9 Å². The number of fused-ring (bicyclic) bond motifs is 1. The lowest BCUT2D eigenvalue weighted by atomic mass is 9.99. The Morgan fingerprint density at radius 1 is 0.919 bits per heavy atom. The second kappa shape index (κ2) is 10.1. The highest BCUT2D eigenvalue weighted by Crippen LogP contribution is 2.43. The summed E-state index contributed by atoms with van der Waals surface area (Å²) in [5, 5.41) is 49.8. The first-order valence-corrected chi connectivity index (χ1v) is 10.8. The van der Waals surface area contributed by atoms with Crippen molar-refractivity contribution in [3.8, 4) is 40.1 Å². The summed E-state index contributed by atoms with van der Waals surface area (Å²) in [5.41, 5.74) is -0.565. The Hall–Kier alpha value is -4.04. The quantitative estimate of drug-likeness (QED) is 0.289. The van der Waals surface area contributed by atoms with E-state index in [0.29, 0.717) is 0 Å². The van der Waals surface area contributed by atoms with E-state index in [4.69, 9.17) is 28.1 Å². The van der Waals surface area contributed by atoms with Crippen LogP contribution in [-0.2, 0) is 9.53 Å². The molecule has 0 aliphatic carbocycles. The lowest BCUT2D eigenvalue weighted by Gasteiger charge is -2.38. The standard InChI is InChI=1S/C24H24O13/c1-32-13-6-9(7-14(33-2)21(13)34-3)20-17(27)15(25)11-5-4-10(8-12(11)36-20)35-24-19(29)16(26)18(28)22(37-24)23(30)31/h4-8,16,18-19,22,24,26-29H,1-3H3,(H,30,31)/t16-,18-,19+,22-,24?/m0/s1. The molecule has 3 aromatic rings. The number of hydrogen-bond acceptors (Lipinski definition) is 12. The van der Waals surface area contributed by atoms with Gasteiger partial charge in [0, 0.05) is 11.6 Å². The van der Waals surface area contributed by atoms with Gasteiger partial charge in [-0.15, -0.1) is 0 Å². The minimum Gasteiger partial charge on any atom is -0.502 e. The SMILES string of the molecule is COc1cc(-c2oc3cc(OC4O[C@H](C(=O)O)[C@@H](O)[C@H](O)[C@H]4O)ccc3c(=O)c2O)cc(OC)c1OC. The zero-order chi connectivity index (χ0) is 27.0. The average molecular weight is 520 g/mol. The molecule has 5 N–H and O–H groups in total. The summed E-state index contributed by atoms with van der Waals surface area (Å²) in [4.78, 5) is 24.2. The third kappa shape index (κ3) is 4.60. The molecule has 1 aliphatic heterocycles. The maximum Gasteiger partial charge on any atom is 0.335 e. The number of rotatable bonds is 7. The fourth-order valence-electron chi connectivity index (χ4n) is 3.93. The van der Waals surface area contributed by atoms with E-state index in [0.717, 1.165) is 0 Å². The molecule has 0 saturated carbocycles. The summed E-state index contributed by atoms with van der Waals surface area (Å²) in [6.45, 7) is 0. The van der Waals surface area contributed by atoms with Crippen molar-refractivity contribution in [1.82, 2.24) is 0 Å². The van der Waals surface area contributed by atoms with E-state index >= 15 is 0 Å². The molecule has 0 amide bonds. The van der Waals surface area contributed by atoms with Crippen molar-refractivity contribution in [2.75, 3.05) is 21.3 Å². The van der Waals surface area contributed by atoms with Gasteiger partial charge >= 0.3 is 5.97 Å². The summed E-state index contributed by atoms with van der Waals surface area (Å²) in [6.07, 6.45) is -9.06. The van der Waals surface area contributed by atoms with Crippen LogP contribution < -0.4 is 24.4 Å². The predicted molar refractivity (Wildman–Crippen MR) is 124 cm³/mol. The van der Waals surface area contributed by atoms with E-state index in [1.165, 1.54) is 51.7 Å². The Bertz CT molecular complexity index is 1360. The number of hydrogen-bond donors (Lipinski definition) is 5. The molecule has 198 valence electrons. The summed E-state index contributed by atoms with van der Waals surface area (Å²) in [7, 11) is 4.21. The van der Waals surface area contributed by atoms with Crippen molar-refractivity contribution in [1.29, 1.82) is 0 Å². The van der Waals surface area contributed by atoms with Crippen LogP contribution in [0.25, 0.3) is 22.3 Å². The second-order valence-electron chi connectivity index (χ2n) is 8.03. The Labute approximate surface area is 208 Å². The van der Waals surface area contributed by atoms with Crippen LogP contribution in [0.3, 0.4) is 0 Å². The highest BCUT2D eigenvalue weighted by molar-refractivity contribution is 5.83. The summed E-state index contributed by atoms with van der Waals surface area (Å²) in [5.74, 6) is -1.72. The summed E-state index contributed by atoms with van der Waals surface area (Å²) in [6, 6.07) is 6.76. The monoisotopic (exact) mass is 520 g/mol. The molecule has 2 aromatic carbocycles. The maximum absolute atomic E-state index is 12.9. The molecule has 37 heavy (non-hydrogen) atoms. The third-order valence-corrected chi connectivity index (χ3v) is 5.83. The van der Waals surface area contributed by atoms with Crippen LogP contribution in [0.4, 0.5) is 0 Å². The second-order valence-corrected chi connectivity index (χ2v) is 8.03. The van der Waals surface area contributed by atoms with E-state index in [2.05, 4.69) is 0 Å². The first-order valence-electron chi connectivity index (χ1n) is 10.8. The molecule has 1 fully saturated rings. The molecule has 0 spiro atoms. The summed E-state index contributed by atoms with van der Waals surface area (Å²) < 4.78 is 32.3. The fraction of sp³-hybridized carbons (Fsp3) is 0.333. The number of aliphatic carboxylic acids is 1. The van der Waals surface area contributed by atoms with Crippen LogP contribution >= 0.6 is 0 Å². The molecule has 2 heterocycles. The number of aromatic hydroxyl groups is 1. The normalized spacial score (nSPS) is 23.5. The van der Waals surface area contributed by atoms with Gasteiger partial charge in [0.2, 0.25) is 23.2 Å². The number of benzene rings is 2. The number of carboxylic acids is 1.